The van der Waals surface area contributed by atoms with Gasteiger partial charge in [0.1, 0.15) is 0 Å². The van der Waals surface area contributed by atoms with Crippen LogP contribution in [0.2, 0.25) is 0 Å². The van der Waals surface area contributed by atoms with Crippen molar-refractivity contribution in [1.29, 1.82) is 0 Å². The van der Waals surface area contributed by atoms with Gasteiger partial charge in [0.25, 0.3) is 0 Å². The van der Waals surface area contributed by atoms with Crippen LogP contribution in [-0.4, -0.2) is 29.1 Å². The third kappa shape index (κ3) is 3.02. The van der Waals surface area contributed by atoms with E-state index in [1.54, 1.807) is 0 Å². The van der Waals surface area contributed by atoms with Crippen LogP contribution in [0.15, 0.2) is 24.3 Å². The maximum Gasteiger partial charge on any atom is 0.0926 e. The standard InChI is InChI=1S/C19H29NO/c1-14(2)11-15-7-9-16(10-8-15)19(21)12-17-5-4-6-18(13-19)20(17)3/h7-10,14,17-18,21H,4-6,11-13H2,1-3H3. The summed E-state index contributed by atoms with van der Waals surface area (Å²) in [5.74, 6) is 0.682. The van der Waals surface area contributed by atoms with E-state index in [4.69, 9.17) is 0 Å². The Bertz CT molecular complexity index is 465. The van der Waals surface area contributed by atoms with Crippen LogP contribution in [0, 0.1) is 5.92 Å². The zero-order valence-electron chi connectivity index (χ0n) is 13.7. The minimum atomic E-state index is -0.612. The van der Waals surface area contributed by atoms with Crippen LogP contribution in [-0.2, 0) is 12.0 Å². The first-order valence-corrected chi connectivity index (χ1v) is 8.52. The van der Waals surface area contributed by atoms with Gasteiger partial charge in [-0.3, -0.25) is 0 Å². The fraction of sp³-hybridized carbons (Fsp3) is 0.684. The maximum absolute atomic E-state index is 11.2. The Hall–Kier alpha value is -0.860. The molecule has 1 aromatic carbocycles. The molecule has 3 rings (SSSR count). The number of fused-ring (bicyclic) bond motifs is 2. The fourth-order valence-electron chi connectivity index (χ4n) is 4.31. The molecule has 2 bridgehead atoms. The summed E-state index contributed by atoms with van der Waals surface area (Å²) in [5, 5.41) is 11.2. The summed E-state index contributed by atoms with van der Waals surface area (Å²) < 4.78 is 0. The lowest BCUT2D eigenvalue weighted by Gasteiger charge is -2.50. The molecule has 2 unspecified atom stereocenters. The van der Waals surface area contributed by atoms with Crippen molar-refractivity contribution in [2.75, 3.05) is 7.05 Å². The first-order valence-electron chi connectivity index (χ1n) is 8.52. The summed E-state index contributed by atoms with van der Waals surface area (Å²) >= 11 is 0. The molecule has 1 N–H and O–H groups in total. The highest BCUT2D eigenvalue weighted by molar-refractivity contribution is 5.29. The molecule has 116 valence electrons. The quantitative estimate of drug-likeness (QED) is 0.916. The molecule has 2 heteroatoms. The number of hydrogen-bond donors (Lipinski definition) is 1. The second kappa shape index (κ2) is 5.73. The van der Waals surface area contributed by atoms with Crippen molar-refractivity contribution in [2.45, 2.75) is 70.1 Å². The van der Waals surface area contributed by atoms with E-state index in [1.807, 2.05) is 0 Å². The molecule has 1 aromatic rings. The summed E-state index contributed by atoms with van der Waals surface area (Å²) in [7, 11) is 2.24. The third-order valence-electron chi connectivity index (χ3n) is 5.51. The van der Waals surface area contributed by atoms with E-state index in [0.717, 1.165) is 24.8 Å². The SMILES string of the molecule is CC(C)Cc1ccc(C2(O)CC3CCCC(C2)N3C)cc1. The van der Waals surface area contributed by atoms with Crippen molar-refractivity contribution in [3.05, 3.63) is 35.4 Å². The molecule has 2 heterocycles. The van der Waals surface area contributed by atoms with Gasteiger partial charge in [-0.1, -0.05) is 44.5 Å². The van der Waals surface area contributed by atoms with Crippen molar-refractivity contribution in [3.8, 4) is 0 Å². The van der Waals surface area contributed by atoms with Gasteiger partial charge in [0, 0.05) is 12.1 Å². The van der Waals surface area contributed by atoms with Crippen molar-refractivity contribution in [1.82, 2.24) is 4.90 Å². The predicted octanol–water partition coefficient (Wildman–Crippen LogP) is 3.72. The van der Waals surface area contributed by atoms with Gasteiger partial charge in [-0.2, -0.15) is 0 Å². The summed E-state index contributed by atoms with van der Waals surface area (Å²) in [5.41, 5.74) is 1.89. The minimum Gasteiger partial charge on any atom is -0.385 e. The van der Waals surface area contributed by atoms with Crippen LogP contribution < -0.4 is 0 Å². The Balaban J connectivity index is 1.79. The average molecular weight is 287 g/mol. The van der Waals surface area contributed by atoms with Crippen molar-refractivity contribution in [3.63, 3.8) is 0 Å². The van der Waals surface area contributed by atoms with Crippen LogP contribution in [0.1, 0.15) is 57.1 Å². The van der Waals surface area contributed by atoms with Crippen molar-refractivity contribution in [2.24, 2.45) is 5.92 Å². The maximum atomic E-state index is 11.2. The molecule has 2 aliphatic heterocycles. The Morgan fingerprint density at radius 3 is 2.24 bits per heavy atom. The monoisotopic (exact) mass is 287 g/mol. The molecule has 0 radical (unpaired) electrons. The Labute approximate surface area is 129 Å². The molecule has 2 fully saturated rings. The molecule has 0 saturated carbocycles. The number of piperidine rings is 2. The molecule has 2 aliphatic rings. The highest BCUT2D eigenvalue weighted by atomic mass is 16.3. The molecular formula is C19H29NO. The van der Waals surface area contributed by atoms with Crippen LogP contribution in [0.5, 0.6) is 0 Å². The Kier molecular flexibility index (Phi) is 4.11. The van der Waals surface area contributed by atoms with E-state index in [9.17, 15) is 5.11 Å². The van der Waals surface area contributed by atoms with Gasteiger partial charge in [-0.25, -0.2) is 0 Å². The zero-order chi connectivity index (χ0) is 15.0. The van der Waals surface area contributed by atoms with Gasteiger partial charge >= 0.3 is 0 Å². The fourth-order valence-corrected chi connectivity index (χ4v) is 4.31. The average Bonchev–Trinajstić information content (AvgIpc) is 2.41. The summed E-state index contributed by atoms with van der Waals surface area (Å²) in [6.45, 7) is 4.50. The second-order valence-electron chi connectivity index (χ2n) is 7.64. The normalized spacial score (nSPS) is 33.4. The van der Waals surface area contributed by atoms with E-state index in [1.165, 1.54) is 24.8 Å². The molecule has 2 saturated heterocycles. The number of rotatable bonds is 3. The number of benzene rings is 1. The van der Waals surface area contributed by atoms with Crippen LogP contribution in [0.4, 0.5) is 0 Å². The Morgan fingerprint density at radius 1 is 1.14 bits per heavy atom. The van der Waals surface area contributed by atoms with Gasteiger partial charge in [0.05, 0.1) is 5.60 Å². The van der Waals surface area contributed by atoms with E-state index in [0.29, 0.717) is 18.0 Å². The zero-order valence-corrected chi connectivity index (χ0v) is 13.7. The van der Waals surface area contributed by atoms with Gasteiger partial charge in [0.15, 0.2) is 0 Å². The summed E-state index contributed by atoms with van der Waals surface area (Å²) in [6.07, 6.45) is 6.70. The largest absolute Gasteiger partial charge is 0.385 e. The molecule has 0 aliphatic carbocycles. The van der Waals surface area contributed by atoms with Crippen LogP contribution in [0.3, 0.4) is 0 Å². The Morgan fingerprint density at radius 2 is 1.71 bits per heavy atom. The lowest BCUT2D eigenvalue weighted by atomic mass is 9.72. The molecular weight excluding hydrogens is 258 g/mol. The summed E-state index contributed by atoms with van der Waals surface area (Å²) in [4.78, 5) is 2.51. The minimum absolute atomic E-state index is 0.554. The molecule has 21 heavy (non-hydrogen) atoms. The van der Waals surface area contributed by atoms with Crippen molar-refractivity contribution < 1.29 is 5.11 Å². The first-order chi connectivity index (χ1) is 9.98. The topological polar surface area (TPSA) is 23.5 Å². The lowest BCUT2D eigenvalue weighted by Crippen LogP contribution is -2.55. The van der Waals surface area contributed by atoms with Crippen LogP contribution >= 0.6 is 0 Å². The van der Waals surface area contributed by atoms with Gasteiger partial charge in [-0.05, 0) is 56.2 Å². The molecule has 0 spiro atoms. The molecule has 0 amide bonds. The lowest BCUT2D eigenvalue weighted by molar-refractivity contribution is -0.0874. The molecule has 2 atom stereocenters. The van der Waals surface area contributed by atoms with Crippen molar-refractivity contribution >= 4 is 0 Å². The smallest absolute Gasteiger partial charge is 0.0926 e. The highest BCUT2D eigenvalue weighted by Gasteiger charge is 2.44. The van der Waals surface area contributed by atoms with E-state index in [2.05, 4.69) is 50.1 Å². The van der Waals surface area contributed by atoms with Crippen LogP contribution in [0.25, 0.3) is 0 Å². The van der Waals surface area contributed by atoms with Gasteiger partial charge < -0.3 is 10.0 Å². The van der Waals surface area contributed by atoms with E-state index < -0.39 is 5.60 Å². The van der Waals surface area contributed by atoms with Gasteiger partial charge in [0.2, 0.25) is 0 Å². The molecule has 2 nitrogen and oxygen atoms in total. The number of hydrogen-bond acceptors (Lipinski definition) is 2. The molecule has 0 aromatic heterocycles. The highest BCUT2D eigenvalue weighted by Crippen LogP contribution is 2.43. The van der Waals surface area contributed by atoms with Gasteiger partial charge in [-0.15, -0.1) is 0 Å². The predicted molar refractivity (Wildman–Crippen MR) is 87.3 cm³/mol. The third-order valence-corrected chi connectivity index (χ3v) is 5.51. The number of aliphatic hydroxyl groups is 1. The first kappa shape index (κ1) is 15.1. The summed E-state index contributed by atoms with van der Waals surface area (Å²) in [6, 6.07) is 9.86. The van der Waals surface area contributed by atoms with E-state index in [-0.39, 0.29) is 0 Å². The van der Waals surface area contributed by atoms with E-state index >= 15 is 0 Å². The second-order valence-corrected chi connectivity index (χ2v) is 7.64. The number of nitrogens with zero attached hydrogens (tertiary/aromatic N) is 1.